The van der Waals surface area contributed by atoms with E-state index >= 15 is 0 Å². The molecule has 0 amide bonds. The molecule has 18 heavy (non-hydrogen) atoms. The molecular formula is C13H19ClNO3-. The molecule has 0 aromatic heterocycles. The minimum atomic E-state index is -0.197. The van der Waals surface area contributed by atoms with Crippen LogP contribution in [0.2, 0.25) is 0 Å². The van der Waals surface area contributed by atoms with Crippen molar-refractivity contribution in [1.29, 1.82) is 0 Å². The molecule has 0 spiro atoms. The Morgan fingerprint density at radius 2 is 1.83 bits per heavy atom. The lowest BCUT2D eigenvalue weighted by Crippen LogP contribution is -3.00. The molecule has 0 bridgehead atoms. The Hall–Kier alpha value is -1.26. The number of rotatable bonds is 6. The zero-order valence-electron chi connectivity index (χ0n) is 11.0. The van der Waals surface area contributed by atoms with E-state index < -0.39 is 0 Å². The van der Waals surface area contributed by atoms with Crippen molar-refractivity contribution >= 4 is 5.97 Å². The smallest absolute Gasteiger partial charge is 0.310 e. The van der Waals surface area contributed by atoms with Gasteiger partial charge in [-0.05, 0) is 31.8 Å². The Bertz CT molecular complexity index is 352. The zero-order chi connectivity index (χ0) is 12.7. The fraction of sp³-hybridized carbons (Fsp3) is 0.462. The third-order valence-corrected chi connectivity index (χ3v) is 2.31. The predicted octanol–water partition coefficient (Wildman–Crippen LogP) is -1.65. The largest absolute Gasteiger partial charge is 1.00 e. The molecule has 0 atom stereocenters. The van der Waals surface area contributed by atoms with Crippen LogP contribution in [0.1, 0.15) is 5.56 Å². The zero-order valence-corrected chi connectivity index (χ0v) is 11.7. The van der Waals surface area contributed by atoms with Crippen LogP contribution in [0, 0.1) is 0 Å². The first-order valence-electron chi connectivity index (χ1n) is 5.55. The number of benzene rings is 1. The van der Waals surface area contributed by atoms with Gasteiger partial charge < -0.3 is 26.8 Å². The molecule has 0 aliphatic rings. The lowest BCUT2D eigenvalue weighted by atomic mass is 10.1. The highest BCUT2D eigenvalue weighted by Gasteiger charge is 2.05. The van der Waals surface area contributed by atoms with Crippen LogP contribution >= 0.6 is 0 Å². The first-order valence-corrected chi connectivity index (χ1v) is 5.55. The third-order valence-electron chi connectivity index (χ3n) is 2.31. The van der Waals surface area contributed by atoms with Crippen LogP contribution in [0.15, 0.2) is 24.3 Å². The van der Waals surface area contributed by atoms with Crippen molar-refractivity contribution in [3.63, 3.8) is 0 Å². The maximum absolute atomic E-state index is 11.5. The van der Waals surface area contributed by atoms with Gasteiger partial charge in [0, 0.05) is 6.54 Å². The van der Waals surface area contributed by atoms with Crippen LogP contribution in [0.5, 0.6) is 5.75 Å². The first kappa shape index (κ1) is 16.7. The van der Waals surface area contributed by atoms with Crippen LogP contribution in [-0.4, -0.2) is 45.2 Å². The normalized spacial score (nSPS) is 9.78. The number of esters is 1. The van der Waals surface area contributed by atoms with Gasteiger partial charge in [-0.15, -0.1) is 0 Å². The lowest BCUT2D eigenvalue weighted by molar-refractivity contribution is -0.143. The van der Waals surface area contributed by atoms with Crippen molar-refractivity contribution in [3.05, 3.63) is 29.8 Å². The summed E-state index contributed by atoms with van der Waals surface area (Å²) >= 11 is 0. The van der Waals surface area contributed by atoms with Crippen LogP contribution in [0.25, 0.3) is 0 Å². The van der Waals surface area contributed by atoms with Crippen LogP contribution in [0.3, 0.4) is 0 Å². The number of likely N-dealkylation sites (N-methyl/N-ethyl adjacent to an activating group) is 1. The SMILES string of the molecule is COc1ccc(CC(=O)OCCN(C)C)cc1.[Cl-]. The molecule has 0 aliphatic heterocycles. The van der Waals surface area contributed by atoms with Gasteiger partial charge in [-0.3, -0.25) is 4.79 Å². The van der Waals surface area contributed by atoms with Gasteiger partial charge in [-0.25, -0.2) is 0 Å². The van der Waals surface area contributed by atoms with Crippen molar-refractivity contribution in [2.24, 2.45) is 0 Å². The van der Waals surface area contributed by atoms with Crippen LogP contribution < -0.4 is 17.1 Å². The van der Waals surface area contributed by atoms with Gasteiger partial charge in [0.05, 0.1) is 13.5 Å². The van der Waals surface area contributed by atoms with Crippen molar-refractivity contribution in [2.75, 3.05) is 34.4 Å². The molecule has 0 radical (unpaired) electrons. The van der Waals surface area contributed by atoms with Gasteiger partial charge in [0.2, 0.25) is 0 Å². The van der Waals surface area contributed by atoms with E-state index in [1.165, 1.54) is 0 Å². The Morgan fingerprint density at radius 3 is 2.33 bits per heavy atom. The quantitative estimate of drug-likeness (QED) is 0.582. The fourth-order valence-corrected chi connectivity index (χ4v) is 1.30. The van der Waals surface area contributed by atoms with E-state index in [1.54, 1.807) is 7.11 Å². The van der Waals surface area contributed by atoms with Gasteiger partial charge in [0.15, 0.2) is 0 Å². The highest BCUT2D eigenvalue weighted by molar-refractivity contribution is 5.72. The summed E-state index contributed by atoms with van der Waals surface area (Å²) < 4.78 is 10.1. The number of hydrogen-bond donors (Lipinski definition) is 0. The van der Waals surface area contributed by atoms with E-state index in [1.807, 2.05) is 43.3 Å². The molecule has 5 heteroatoms. The summed E-state index contributed by atoms with van der Waals surface area (Å²) in [6.45, 7) is 1.18. The maximum atomic E-state index is 11.5. The number of ether oxygens (including phenoxy) is 2. The first-order chi connectivity index (χ1) is 8.11. The second-order valence-corrected chi connectivity index (χ2v) is 4.05. The molecule has 102 valence electrons. The van der Waals surface area contributed by atoms with Gasteiger partial charge in [0.25, 0.3) is 0 Å². The predicted molar refractivity (Wildman–Crippen MR) is 66.2 cm³/mol. The lowest BCUT2D eigenvalue weighted by Gasteiger charge is -2.10. The monoisotopic (exact) mass is 272 g/mol. The molecule has 0 saturated heterocycles. The Kier molecular flexibility index (Phi) is 8.16. The molecule has 0 fully saturated rings. The second kappa shape index (κ2) is 8.78. The number of methoxy groups -OCH3 is 1. The van der Waals surface area contributed by atoms with Crippen molar-refractivity contribution < 1.29 is 26.7 Å². The molecule has 0 unspecified atom stereocenters. The molecular weight excluding hydrogens is 254 g/mol. The average molecular weight is 273 g/mol. The van der Waals surface area contributed by atoms with E-state index in [0.717, 1.165) is 17.9 Å². The number of nitrogens with zero attached hydrogens (tertiary/aromatic N) is 1. The molecule has 0 heterocycles. The summed E-state index contributed by atoms with van der Waals surface area (Å²) in [6.07, 6.45) is 0.303. The highest BCUT2D eigenvalue weighted by Crippen LogP contribution is 2.11. The molecule has 1 rings (SSSR count). The Labute approximate surface area is 114 Å². The van der Waals surface area contributed by atoms with Crippen LogP contribution in [-0.2, 0) is 16.0 Å². The number of halogens is 1. The minimum Gasteiger partial charge on any atom is -1.00 e. The van der Waals surface area contributed by atoms with E-state index in [2.05, 4.69) is 0 Å². The Morgan fingerprint density at radius 1 is 1.22 bits per heavy atom. The molecule has 0 N–H and O–H groups in total. The highest BCUT2D eigenvalue weighted by atomic mass is 35.5. The minimum absolute atomic E-state index is 0. The summed E-state index contributed by atoms with van der Waals surface area (Å²) in [6, 6.07) is 7.41. The van der Waals surface area contributed by atoms with Crippen LogP contribution in [0.4, 0.5) is 0 Å². The average Bonchev–Trinajstić information content (AvgIpc) is 2.29. The van der Waals surface area contributed by atoms with Crippen molar-refractivity contribution in [1.82, 2.24) is 4.90 Å². The van der Waals surface area contributed by atoms with E-state index in [-0.39, 0.29) is 18.4 Å². The number of carbonyl (C=O) groups is 1. The maximum Gasteiger partial charge on any atom is 0.310 e. The summed E-state index contributed by atoms with van der Waals surface area (Å²) in [5.74, 6) is 0.590. The summed E-state index contributed by atoms with van der Waals surface area (Å²) in [4.78, 5) is 13.4. The fourth-order valence-electron chi connectivity index (χ4n) is 1.30. The second-order valence-electron chi connectivity index (χ2n) is 4.05. The summed E-state index contributed by atoms with van der Waals surface area (Å²) in [5, 5.41) is 0. The van der Waals surface area contributed by atoms with Gasteiger partial charge in [-0.2, -0.15) is 0 Å². The van der Waals surface area contributed by atoms with Gasteiger partial charge in [-0.1, -0.05) is 12.1 Å². The molecule has 1 aromatic rings. The van der Waals surface area contributed by atoms with Gasteiger partial charge in [0.1, 0.15) is 12.4 Å². The summed E-state index contributed by atoms with van der Waals surface area (Å²) in [7, 11) is 5.50. The molecule has 0 saturated carbocycles. The molecule has 4 nitrogen and oxygen atoms in total. The van der Waals surface area contributed by atoms with E-state index in [9.17, 15) is 4.79 Å². The van der Waals surface area contributed by atoms with E-state index in [4.69, 9.17) is 9.47 Å². The molecule has 1 aromatic carbocycles. The van der Waals surface area contributed by atoms with Gasteiger partial charge >= 0.3 is 5.97 Å². The third kappa shape index (κ3) is 6.47. The topological polar surface area (TPSA) is 38.8 Å². The standard InChI is InChI=1S/C13H19NO3.ClH/c1-14(2)8-9-17-13(15)10-11-4-6-12(16-3)7-5-11;/h4-7H,8-10H2,1-3H3;1H/p-1. The molecule has 0 aliphatic carbocycles. The van der Waals surface area contributed by atoms with Crippen molar-refractivity contribution in [2.45, 2.75) is 6.42 Å². The van der Waals surface area contributed by atoms with E-state index in [0.29, 0.717) is 13.0 Å². The number of hydrogen-bond acceptors (Lipinski definition) is 4. The van der Waals surface area contributed by atoms with Crippen molar-refractivity contribution in [3.8, 4) is 5.75 Å². The Balaban J connectivity index is 0.00000289. The summed E-state index contributed by atoms with van der Waals surface area (Å²) in [5.41, 5.74) is 0.931. The number of carbonyl (C=O) groups excluding carboxylic acids is 1.